The van der Waals surface area contributed by atoms with Crippen molar-refractivity contribution in [2.45, 2.75) is 45.7 Å². The number of anilines is 1. The molecule has 0 saturated heterocycles. The average Bonchev–Trinajstić information content (AvgIpc) is 3.08. The van der Waals surface area contributed by atoms with Crippen molar-refractivity contribution in [3.63, 3.8) is 0 Å². The molecule has 0 radical (unpaired) electrons. The molecule has 4 amide bonds. The van der Waals surface area contributed by atoms with Crippen LogP contribution in [0, 0.1) is 17.8 Å². The van der Waals surface area contributed by atoms with Crippen LogP contribution in [-0.4, -0.2) is 96.1 Å². The van der Waals surface area contributed by atoms with E-state index in [0.717, 1.165) is 22.4 Å². The number of nitrogens with zero attached hydrogens (tertiary/aromatic N) is 1. The fraction of sp³-hybridized carbons (Fsp3) is 0.500. The summed E-state index contributed by atoms with van der Waals surface area (Å²) in [5.41, 5.74) is 3.38. The molecule has 2 aromatic rings. The van der Waals surface area contributed by atoms with Crippen molar-refractivity contribution in [2.24, 2.45) is 5.92 Å². The Hall–Kier alpha value is -4.28. The van der Waals surface area contributed by atoms with E-state index in [1.54, 1.807) is 11.9 Å². The van der Waals surface area contributed by atoms with Crippen molar-refractivity contribution in [3.8, 4) is 11.8 Å². The molecule has 0 saturated carbocycles. The van der Waals surface area contributed by atoms with Crippen molar-refractivity contribution in [2.75, 3.05) is 71.3 Å². The number of benzene rings is 2. The molecule has 1 atom stereocenters. The summed E-state index contributed by atoms with van der Waals surface area (Å²) in [6.07, 6.45) is 0.314. The molecule has 3 rings (SSSR count). The van der Waals surface area contributed by atoms with E-state index >= 15 is 0 Å². The fourth-order valence-electron chi connectivity index (χ4n) is 4.78. The first kappa shape index (κ1) is 38.2. The second-order valence-electron chi connectivity index (χ2n) is 11.4. The van der Waals surface area contributed by atoms with Crippen LogP contribution in [0.5, 0.6) is 0 Å². The third kappa shape index (κ3) is 13.4. The first-order chi connectivity index (χ1) is 23.3. The predicted octanol–water partition coefficient (Wildman–Crippen LogP) is 2.17. The predicted molar refractivity (Wildman–Crippen MR) is 181 cm³/mol. The number of fused-ring (bicyclic) bond motifs is 2. The van der Waals surface area contributed by atoms with E-state index in [2.05, 4.69) is 27.8 Å². The van der Waals surface area contributed by atoms with Crippen molar-refractivity contribution < 1.29 is 38.1 Å². The molecule has 12 nitrogen and oxygen atoms in total. The van der Waals surface area contributed by atoms with E-state index in [9.17, 15) is 19.2 Å². The Labute approximate surface area is 283 Å². The number of rotatable bonds is 21. The highest BCUT2D eigenvalue weighted by molar-refractivity contribution is 5.97. The number of para-hydroxylation sites is 1. The fourth-order valence-corrected chi connectivity index (χ4v) is 4.78. The van der Waals surface area contributed by atoms with Gasteiger partial charge < -0.3 is 39.8 Å². The van der Waals surface area contributed by atoms with Crippen molar-refractivity contribution in [1.82, 2.24) is 16.0 Å². The molecule has 0 unspecified atom stereocenters. The third-order valence-electron chi connectivity index (χ3n) is 7.41. The molecule has 0 spiro atoms. The van der Waals surface area contributed by atoms with Gasteiger partial charge in [-0.05, 0) is 29.7 Å². The minimum absolute atomic E-state index is 0.0179. The molecule has 0 aromatic heterocycles. The van der Waals surface area contributed by atoms with Gasteiger partial charge in [0.1, 0.15) is 6.04 Å². The molecule has 260 valence electrons. The molecule has 2 aromatic carbocycles. The summed E-state index contributed by atoms with van der Waals surface area (Å²) in [7, 11) is 1.54. The third-order valence-corrected chi connectivity index (χ3v) is 7.41. The lowest BCUT2D eigenvalue weighted by atomic mass is 10.0. The molecule has 1 aliphatic rings. The monoisotopic (exact) mass is 664 g/mol. The van der Waals surface area contributed by atoms with Gasteiger partial charge in [0, 0.05) is 44.0 Å². The maximum Gasteiger partial charge on any atom is 0.242 e. The number of ether oxygens (including phenoxy) is 4. The molecule has 0 aliphatic carbocycles. The van der Waals surface area contributed by atoms with Gasteiger partial charge in [-0.3, -0.25) is 19.2 Å². The summed E-state index contributed by atoms with van der Waals surface area (Å²) in [6.45, 7) is 7.28. The smallest absolute Gasteiger partial charge is 0.242 e. The minimum Gasteiger partial charge on any atom is -0.379 e. The Bertz CT molecular complexity index is 1400. The summed E-state index contributed by atoms with van der Waals surface area (Å²) in [6, 6.07) is 14.8. The quantitative estimate of drug-likeness (QED) is 0.136. The number of amides is 4. The second kappa shape index (κ2) is 21.6. The zero-order chi connectivity index (χ0) is 34.6. The average molecular weight is 665 g/mol. The van der Waals surface area contributed by atoms with Crippen LogP contribution >= 0.6 is 0 Å². The summed E-state index contributed by atoms with van der Waals surface area (Å²) in [5.74, 6) is 5.55. The van der Waals surface area contributed by atoms with Crippen LogP contribution in [0.1, 0.15) is 49.8 Å². The molecular formula is C36H48N4O8. The summed E-state index contributed by atoms with van der Waals surface area (Å²) in [4.78, 5) is 51.2. The van der Waals surface area contributed by atoms with E-state index in [-0.39, 0.29) is 55.4 Å². The van der Waals surface area contributed by atoms with Crippen LogP contribution in [0.2, 0.25) is 0 Å². The zero-order valence-electron chi connectivity index (χ0n) is 28.2. The Morgan fingerprint density at radius 1 is 0.729 bits per heavy atom. The number of carbonyl (C=O) groups is 4. The van der Waals surface area contributed by atoms with Crippen LogP contribution in [-0.2, 0) is 44.7 Å². The summed E-state index contributed by atoms with van der Waals surface area (Å²) in [5, 5.41) is 8.07. The molecule has 3 N–H and O–H groups in total. The maximum absolute atomic E-state index is 13.3. The Morgan fingerprint density at radius 2 is 1.31 bits per heavy atom. The Balaban J connectivity index is 1.17. The highest BCUT2D eigenvalue weighted by atomic mass is 16.6. The highest BCUT2D eigenvalue weighted by Gasteiger charge is 2.23. The molecule has 48 heavy (non-hydrogen) atoms. The van der Waals surface area contributed by atoms with Gasteiger partial charge in [0.05, 0.1) is 65.1 Å². The van der Waals surface area contributed by atoms with Crippen LogP contribution in [0.15, 0.2) is 48.5 Å². The topological polar surface area (TPSA) is 145 Å². The first-order valence-electron chi connectivity index (χ1n) is 16.4. The van der Waals surface area contributed by atoms with Gasteiger partial charge in [-0.25, -0.2) is 0 Å². The van der Waals surface area contributed by atoms with Crippen molar-refractivity contribution in [3.05, 3.63) is 65.2 Å². The van der Waals surface area contributed by atoms with Crippen LogP contribution in [0.4, 0.5) is 5.69 Å². The molecule has 0 bridgehead atoms. The van der Waals surface area contributed by atoms with E-state index in [1.807, 2.05) is 62.4 Å². The van der Waals surface area contributed by atoms with Crippen molar-refractivity contribution in [1.29, 1.82) is 0 Å². The summed E-state index contributed by atoms with van der Waals surface area (Å²) >= 11 is 0. The van der Waals surface area contributed by atoms with Gasteiger partial charge >= 0.3 is 0 Å². The Kier molecular flexibility index (Phi) is 17.1. The van der Waals surface area contributed by atoms with E-state index in [1.165, 1.54) is 0 Å². The number of hydrogen-bond donors (Lipinski definition) is 3. The zero-order valence-corrected chi connectivity index (χ0v) is 28.2. The highest BCUT2D eigenvalue weighted by Crippen LogP contribution is 2.26. The largest absolute Gasteiger partial charge is 0.379 e. The number of likely N-dealkylation sites (N-methyl/N-ethyl adjacent to an activating group) is 1. The maximum atomic E-state index is 13.3. The minimum atomic E-state index is -0.568. The van der Waals surface area contributed by atoms with Crippen LogP contribution in [0.25, 0.3) is 0 Å². The Morgan fingerprint density at radius 3 is 1.98 bits per heavy atom. The lowest BCUT2D eigenvalue weighted by molar-refractivity contribution is -0.130. The van der Waals surface area contributed by atoms with Gasteiger partial charge in [0.15, 0.2) is 0 Å². The van der Waals surface area contributed by atoms with Crippen LogP contribution < -0.4 is 20.9 Å². The first-order valence-corrected chi connectivity index (χ1v) is 16.4. The second-order valence-corrected chi connectivity index (χ2v) is 11.4. The standard InChI is InChI=1S/C36H48N4O8/c1-27(2)35(36(44)37-3)39-33(42)16-18-45-20-22-47-24-25-48-23-21-46-19-17-38-32(41)14-15-34(43)40-26-30-10-5-4-8-28(30)12-13-29-9-6-7-11-31(29)40/h4-11,27,35H,14-26H2,1-3H3,(H,37,44)(H,38,41)(H,39,42)/t35-/m0/s1. The van der Waals surface area contributed by atoms with E-state index in [0.29, 0.717) is 59.3 Å². The van der Waals surface area contributed by atoms with E-state index in [4.69, 9.17) is 18.9 Å². The van der Waals surface area contributed by atoms with Gasteiger partial charge in [-0.15, -0.1) is 0 Å². The van der Waals surface area contributed by atoms with Gasteiger partial charge in [0.25, 0.3) is 0 Å². The molecule has 12 heteroatoms. The number of hydrogen-bond acceptors (Lipinski definition) is 8. The molecular weight excluding hydrogens is 616 g/mol. The summed E-state index contributed by atoms with van der Waals surface area (Å²) < 4.78 is 21.9. The lowest BCUT2D eigenvalue weighted by Crippen LogP contribution is -2.48. The van der Waals surface area contributed by atoms with Gasteiger partial charge in [0.2, 0.25) is 23.6 Å². The lowest BCUT2D eigenvalue weighted by Gasteiger charge is -2.26. The SMILES string of the molecule is CNC(=O)[C@@H](NC(=O)CCOCCOCCOCCOCCNC(=O)CCC(=O)N1Cc2ccccc2C#Cc2ccccc21)C(C)C. The number of carbonyl (C=O) groups excluding carboxylic acids is 4. The molecule has 1 heterocycles. The van der Waals surface area contributed by atoms with E-state index < -0.39 is 6.04 Å². The normalized spacial score (nSPS) is 12.5. The van der Waals surface area contributed by atoms with Gasteiger partial charge in [-0.1, -0.05) is 56.0 Å². The molecule has 1 aliphatic heterocycles. The van der Waals surface area contributed by atoms with Crippen molar-refractivity contribution >= 4 is 29.3 Å². The van der Waals surface area contributed by atoms with Crippen LogP contribution in [0.3, 0.4) is 0 Å². The van der Waals surface area contributed by atoms with Gasteiger partial charge in [-0.2, -0.15) is 0 Å². The number of nitrogens with one attached hydrogen (secondary N) is 3. The molecule has 0 fully saturated rings.